The molecule has 0 bridgehead atoms. The van der Waals surface area contributed by atoms with Gasteiger partial charge < -0.3 is 4.74 Å². The van der Waals surface area contributed by atoms with Gasteiger partial charge in [0, 0.05) is 0 Å². The molecule has 1 heteroatoms. The van der Waals surface area contributed by atoms with Gasteiger partial charge in [0.2, 0.25) is 0 Å². The molecule has 2 rings (SSSR count). The Labute approximate surface area is 97.4 Å². The highest BCUT2D eigenvalue weighted by molar-refractivity contribution is 5.85. The summed E-state index contributed by atoms with van der Waals surface area (Å²) in [5.74, 6) is 0.892. The minimum Gasteiger partial charge on any atom is -0.497 e. The van der Waals surface area contributed by atoms with Crippen molar-refractivity contribution in [3.8, 4) is 5.75 Å². The molecule has 0 fully saturated rings. The second-order valence-corrected chi connectivity index (χ2v) is 3.18. The van der Waals surface area contributed by atoms with Crippen LogP contribution in [0.25, 0.3) is 16.8 Å². The van der Waals surface area contributed by atoms with Gasteiger partial charge in [0.25, 0.3) is 0 Å². The number of methoxy groups -OCH3 is 1. The molecular weight excluding hydrogens is 196 g/mol. The Morgan fingerprint density at radius 3 is 2.25 bits per heavy atom. The summed E-state index contributed by atoms with van der Waals surface area (Å²) in [6.45, 7) is 7.75. The van der Waals surface area contributed by atoms with Gasteiger partial charge in [-0.05, 0) is 34.5 Å². The smallest absolute Gasteiger partial charge is 0.119 e. The number of hydrogen-bond acceptors (Lipinski definition) is 1. The van der Waals surface area contributed by atoms with Crippen LogP contribution < -0.4 is 4.74 Å². The highest BCUT2D eigenvalue weighted by atomic mass is 16.5. The molecule has 0 radical (unpaired) electrons. The van der Waals surface area contributed by atoms with Gasteiger partial charge in [-0.3, -0.25) is 0 Å². The summed E-state index contributed by atoms with van der Waals surface area (Å²) in [4.78, 5) is 0. The zero-order valence-corrected chi connectivity index (χ0v) is 10.2. The van der Waals surface area contributed by atoms with E-state index in [2.05, 4.69) is 30.8 Å². The maximum absolute atomic E-state index is 5.16. The minimum atomic E-state index is 0.892. The average molecular weight is 214 g/mol. The average Bonchev–Trinajstić information content (AvgIpc) is 2.39. The summed E-state index contributed by atoms with van der Waals surface area (Å²) in [7, 11) is 1.68. The molecule has 2 aromatic rings. The summed E-state index contributed by atoms with van der Waals surface area (Å²) in [5, 5.41) is 2.40. The minimum absolute atomic E-state index is 0.892. The molecule has 0 aliphatic rings. The van der Waals surface area contributed by atoms with Gasteiger partial charge in [-0.1, -0.05) is 44.7 Å². The van der Waals surface area contributed by atoms with Crippen molar-refractivity contribution in [2.75, 3.05) is 7.11 Å². The number of benzene rings is 2. The highest BCUT2D eigenvalue weighted by Crippen LogP contribution is 2.21. The Bertz CT molecular complexity index is 472. The summed E-state index contributed by atoms with van der Waals surface area (Å²) in [6.07, 6.45) is 1.85. The molecule has 0 amide bonds. The Kier molecular flexibility index (Phi) is 4.59. The zero-order chi connectivity index (χ0) is 12.0. The van der Waals surface area contributed by atoms with Gasteiger partial charge in [-0.2, -0.15) is 0 Å². The maximum Gasteiger partial charge on any atom is 0.119 e. The first-order valence-electron chi connectivity index (χ1n) is 5.54. The summed E-state index contributed by atoms with van der Waals surface area (Å²) < 4.78 is 5.16. The molecule has 0 unspecified atom stereocenters. The van der Waals surface area contributed by atoms with Crippen molar-refractivity contribution >= 4 is 16.8 Å². The molecule has 1 nitrogen and oxygen atoms in total. The van der Waals surface area contributed by atoms with E-state index in [0.717, 1.165) is 11.3 Å². The van der Waals surface area contributed by atoms with Crippen LogP contribution in [0, 0.1) is 0 Å². The van der Waals surface area contributed by atoms with Gasteiger partial charge in [0.15, 0.2) is 0 Å². The van der Waals surface area contributed by atoms with E-state index in [1.165, 1.54) is 10.8 Å². The summed E-state index contributed by atoms with van der Waals surface area (Å²) in [6, 6.07) is 12.3. The SMILES string of the molecule is C=Cc1ccc2cc(OC)ccc2c1.CC. The fraction of sp³-hybridized carbons (Fsp3) is 0.200. The van der Waals surface area contributed by atoms with Crippen molar-refractivity contribution in [3.63, 3.8) is 0 Å². The van der Waals surface area contributed by atoms with Gasteiger partial charge in [0.1, 0.15) is 5.75 Å². The molecule has 16 heavy (non-hydrogen) atoms. The second-order valence-electron chi connectivity index (χ2n) is 3.18. The molecule has 84 valence electrons. The Hall–Kier alpha value is -1.76. The molecular formula is C15H18O. The van der Waals surface area contributed by atoms with E-state index in [1.807, 2.05) is 32.1 Å². The lowest BCUT2D eigenvalue weighted by Crippen LogP contribution is -1.82. The van der Waals surface area contributed by atoms with Crippen LogP contribution in [0.4, 0.5) is 0 Å². The normalized spacial score (nSPS) is 9.19. The molecule has 0 N–H and O–H groups in total. The van der Waals surface area contributed by atoms with Crippen molar-refractivity contribution in [2.24, 2.45) is 0 Å². The van der Waals surface area contributed by atoms with Crippen LogP contribution in [0.5, 0.6) is 5.75 Å². The maximum atomic E-state index is 5.16. The van der Waals surface area contributed by atoms with Crippen LogP contribution in [0.15, 0.2) is 43.0 Å². The van der Waals surface area contributed by atoms with E-state index in [1.54, 1.807) is 7.11 Å². The van der Waals surface area contributed by atoms with Crippen LogP contribution >= 0.6 is 0 Å². The van der Waals surface area contributed by atoms with Crippen molar-refractivity contribution < 1.29 is 4.74 Å². The van der Waals surface area contributed by atoms with Crippen molar-refractivity contribution in [1.82, 2.24) is 0 Å². The van der Waals surface area contributed by atoms with E-state index in [9.17, 15) is 0 Å². The van der Waals surface area contributed by atoms with E-state index >= 15 is 0 Å². The van der Waals surface area contributed by atoms with Gasteiger partial charge >= 0.3 is 0 Å². The molecule has 0 saturated carbocycles. The first-order chi connectivity index (χ1) is 7.83. The Morgan fingerprint density at radius 2 is 1.62 bits per heavy atom. The topological polar surface area (TPSA) is 9.23 Å². The second kappa shape index (κ2) is 5.96. The lowest BCUT2D eigenvalue weighted by atomic mass is 10.1. The number of ether oxygens (including phenoxy) is 1. The third kappa shape index (κ3) is 2.63. The van der Waals surface area contributed by atoms with Gasteiger partial charge in [0.05, 0.1) is 7.11 Å². The predicted molar refractivity (Wildman–Crippen MR) is 71.9 cm³/mol. The molecule has 0 heterocycles. The molecule has 0 aliphatic carbocycles. The quantitative estimate of drug-likeness (QED) is 0.714. The first-order valence-corrected chi connectivity index (χ1v) is 5.54. The molecule has 0 saturated heterocycles. The number of fused-ring (bicyclic) bond motifs is 1. The lowest BCUT2D eigenvalue weighted by Gasteiger charge is -2.03. The summed E-state index contributed by atoms with van der Waals surface area (Å²) in [5.41, 5.74) is 1.14. The molecule has 0 aliphatic heterocycles. The Morgan fingerprint density at radius 1 is 1.00 bits per heavy atom. The summed E-state index contributed by atoms with van der Waals surface area (Å²) >= 11 is 0. The molecule has 2 aromatic carbocycles. The van der Waals surface area contributed by atoms with Crippen molar-refractivity contribution in [2.45, 2.75) is 13.8 Å². The number of hydrogen-bond donors (Lipinski definition) is 0. The standard InChI is InChI=1S/C13H12O.C2H6/c1-3-10-4-5-12-9-13(14-2)7-6-11(12)8-10;1-2/h3-9H,1H2,2H3;1-2H3. The van der Waals surface area contributed by atoms with Crippen LogP contribution in [-0.4, -0.2) is 7.11 Å². The van der Waals surface area contributed by atoms with Crippen LogP contribution in [0.1, 0.15) is 19.4 Å². The van der Waals surface area contributed by atoms with E-state index in [0.29, 0.717) is 0 Å². The molecule has 0 spiro atoms. The van der Waals surface area contributed by atoms with E-state index in [-0.39, 0.29) is 0 Å². The highest BCUT2D eigenvalue weighted by Gasteiger charge is 1.96. The Balaban J connectivity index is 0.000000606. The molecule has 0 atom stereocenters. The predicted octanol–water partition coefficient (Wildman–Crippen LogP) is 4.52. The zero-order valence-electron chi connectivity index (χ0n) is 10.2. The van der Waals surface area contributed by atoms with Crippen LogP contribution in [0.2, 0.25) is 0 Å². The third-order valence-corrected chi connectivity index (χ3v) is 2.31. The van der Waals surface area contributed by atoms with Crippen LogP contribution in [0.3, 0.4) is 0 Å². The molecule has 0 aromatic heterocycles. The fourth-order valence-electron chi connectivity index (χ4n) is 1.50. The van der Waals surface area contributed by atoms with E-state index < -0.39 is 0 Å². The van der Waals surface area contributed by atoms with Crippen molar-refractivity contribution in [3.05, 3.63) is 48.5 Å². The monoisotopic (exact) mass is 214 g/mol. The number of rotatable bonds is 2. The van der Waals surface area contributed by atoms with Gasteiger partial charge in [-0.25, -0.2) is 0 Å². The van der Waals surface area contributed by atoms with Gasteiger partial charge in [-0.15, -0.1) is 0 Å². The lowest BCUT2D eigenvalue weighted by molar-refractivity contribution is 0.415. The van der Waals surface area contributed by atoms with Crippen LogP contribution in [-0.2, 0) is 0 Å². The first kappa shape index (κ1) is 12.3. The fourth-order valence-corrected chi connectivity index (χ4v) is 1.50. The van der Waals surface area contributed by atoms with Crippen molar-refractivity contribution in [1.29, 1.82) is 0 Å². The van der Waals surface area contributed by atoms with E-state index in [4.69, 9.17) is 4.74 Å². The largest absolute Gasteiger partial charge is 0.497 e. The third-order valence-electron chi connectivity index (χ3n) is 2.31.